The van der Waals surface area contributed by atoms with Gasteiger partial charge in [0.15, 0.2) is 0 Å². The molecule has 0 bridgehead atoms. The van der Waals surface area contributed by atoms with Crippen LogP contribution in [-0.2, 0) is 12.8 Å². The molecule has 3 aromatic heterocycles. The van der Waals surface area contributed by atoms with Gasteiger partial charge in [0.2, 0.25) is 11.7 Å². The van der Waals surface area contributed by atoms with Crippen LogP contribution in [0.5, 0.6) is 0 Å². The first-order valence-electron chi connectivity index (χ1n) is 19.2. The van der Waals surface area contributed by atoms with Gasteiger partial charge in [-0.3, -0.25) is 4.57 Å². The monoisotopic (exact) mass is 715 g/mol. The normalized spacial score (nSPS) is 12.5. The van der Waals surface area contributed by atoms with Crippen LogP contribution in [0.25, 0.3) is 94.1 Å². The Morgan fingerprint density at radius 3 is 1.73 bits per heavy atom. The first-order chi connectivity index (χ1) is 27.7. The molecule has 56 heavy (non-hydrogen) atoms. The van der Waals surface area contributed by atoms with Crippen LogP contribution in [0.2, 0.25) is 0 Å². The Labute approximate surface area is 323 Å². The summed E-state index contributed by atoms with van der Waals surface area (Å²) < 4.78 is 8.80. The lowest BCUT2D eigenvalue weighted by atomic mass is 9.83. The molecule has 262 valence electrons. The zero-order valence-electron chi connectivity index (χ0n) is 30.4. The lowest BCUT2D eigenvalue weighted by Crippen LogP contribution is -2.04. The summed E-state index contributed by atoms with van der Waals surface area (Å²) in [5, 5.41) is 6.63. The third-order valence-corrected chi connectivity index (χ3v) is 11.7. The van der Waals surface area contributed by atoms with Crippen molar-refractivity contribution in [3.8, 4) is 39.5 Å². The minimum Gasteiger partial charge on any atom is -0.437 e. The van der Waals surface area contributed by atoms with Crippen molar-refractivity contribution < 1.29 is 4.42 Å². The zero-order valence-corrected chi connectivity index (χ0v) is 30.4. The molecule has 0 unspecified atom stereocenters. The molecular formula is C52H33N3O. The Morgan fingerprint density at radius 1 is 0.429 bits per heavy atom. The second-order valence-electron chi connectivity index (χ2n) is 14.9. The molecule has 0 amide bonds. The maximum atomic E-state index is 6.59. The molecule has 0 atom stereocenters. The van der Waals surface area contributed by atoms with Crippen LogP contribution in [0.4, 0.5) is 0 Å². The molecule has 8 aromatic carbocycles. The van der Waals surface area contributed by atoms with Crippen LogP contribution in [0.15, 0.2) is 180 Å². The van der Waals surface area contributed by atoms with Crippen molar-refractivity contribution >= 4 is 54.6 Å². The van der Waals surface area contributed by atoms with Gasteiger partial charge in [-0.2, -0.15) is 4.98 Å². The molecule has 0 saturated heterocycles. The van der Waals surface area contributed by atoms with E-state index >= 15 is 0 Å². The van der Waals surface area contributed by atoms with Crippen molar-refractivity contribution in [3.63, 3.8) is 0 Å². The summed E-state index contributed by atoms with van der Waals surface area (Å²) in [6.07, 6.45) is 1.63. The number of rotatable bonds is 2. The Hall–Kier alpha value is -7.30. The summed E-state index contributed by atoms with van der Waals surface area (Å²) in [7, 11) is 0. The van der Waals surface area contributed by atoms with E-state index in [1.54, 1.807) is 0 Å². The van der Waals surface area contributed by atoms with Gasteiger partial charge in [-0.1, -0.05) is 146 Å². The first kappa shape index (κ1) is 31.1. The smallest absolute Gasteiger partial charge is 0.238 e. The highest BCUT2D eigenvalue weighted by molar-refractivity contribution is 6.14. The predicted octanol–water partition coefficient (Wildman–Crippen LogP) is 13.1. The number of hydrogen-bond donors (Lipinski definition) is 0. The average molecular weight is 716 g/mol. The third kappa shape index (κ3) is 4.72. The summed E-state index contributed by atoms with van der Waals surface area (Å²) >= 11 is 0. The van der Waals surface area contributed by atoms with Gasteiger partial charge in [-0.15, -0.1) is 0 Å². The number of nitrogens with zero attached hydrogens (tertiary/aromatic N) is 3. The maximum absolute atomic E-state index is 6.59. The molecule has 0 radical (unpaired) electrons. The van der Waals surface area contributed by atoms with Crippen LogP contribution in [-0.4, -0.2) is 14.5 Å². The summed E-state index contributed by atoms with van der Waals surface area (Å²) in [5.74, 6) is 0.584. The van der Waals surface area contributed by atoms with Crippen molar-refractivity contribution in [2.24, 2.45) is 0 Å². The van der Waals surface area contributed by atoms with Gasteiger partial charge >= 0.3 is 0 Å². The summed E-state index contributed by atoms with van der Waals surface area (Å²) in [6, 6.07) is 63.4. The fourth-order valence-electron chi connectivity index (χ4n) is 9.16. The van der Waals surface area contributed by atoms with Crippen molar-refractivity contribution in [3.05, 3.63) is 198 Å². The zero-order chi connectivity index (χ0) is 36.7. The van der Waals surface area contributed by atoms with Gasteiger partial charge in [-0.25, -0.2) is 4.98 Å². The van der Waals surface area contributed by atoms with E-state index in [2.05, 4.69) is 168 Å². The molecule has 1 aliphatic carbocycles. The van der Waals surface area contributed by atoms with Crippen LogP contribution in [0, 0.1) is 0 Å². The largest absolute Gasteiger partial charge is 0.437 e. The molecule has 0 aliphatic heterocycles. The highest BCUT2D eigenvalue weighted by atomic mass is 16.3. The van der Waals surface area contributed by atoms with Crippen molar-refractivity contribution in [2.75, 3.05) is 0 Å². The molecule has 4 heteroatoms. The highest BCUT2D eigenvalue weighted by Crippen LogP contribution is 2.42. The highest BCUT2D eigenvalue weighted by Gasteiger charge is 2.23. The number of para-hydroxylation sites is 2. The molecule has 12 rings (SSSR count). The van der Waals surface area contributed by atoms with Gasteiger partial charge in [-0.05, 0) is 98.5 Å². The number of aromatic nitrogens is 3. The average Bonchev–Trinajstić information content (AvgIpc) is 3.78. The predicted molar refractivity (Wildman–Crippen MR) is 230 cm³/mol. The Bertz CT molecular complexity index is 3390. The van der Waals surface area contributed by atoms with E-state index in [9.17, 15) is 0 Å². The molecule has 0 fully saturated rings. The van der Waals surface area contributed by atoms with Crippen LogP contribution in [0.1, 0.15) is 22.3 Å². The standard InChI is InChI=1S/C52H33N3O/c1-2-14-33-31-47-45(30-32(33)13-1)43-21-9-11-23-46(43)55(47)52-53-50(49-44-22-10-12-24-48(44)56-51(49)54-52)37-25-26-42-38(29-37)28-36-17-5-7-19-40(36)39-18-6-3-15-34(39)27-35-16-4-8-20-41(35)42/h1-26,29-31H,27-28H2. The molecule has 1 aliphatic rings. The van der Waals surface area contributed by atoms with Crippen molar-refractivity contribution in [2.45, 2.75) is 12.8 Å². The minimum atomic E-state index is 0.574. The molecule has 0 saturated carbocycles. The van der Waals surface area contributed by atoms with Crippen LogP contribution < -0.4 is 0 Å². The Kier molecular flexibility index (Phi) is 6.72. The van der Waals surface area contributed by atoms with E-state index in [4.69, 9.17) is 14.4 Å². The molecule has 3 heterocycles. The van der Waals surface area contributed by atoms with E-state index < -0.39 is 0 Å². The van der Waals surface area contributed by atoms with Gasteiger partial charge in [0.25, 0.3) is 0 Å². The van der Waals surface area contributed by atoms with E-state index in [0.29, 0.717) is 11.7 Å². The second-order valence-corrected chi connectivity index (χ2v) is 14.9. The van der Waals surface area contributed by atoms with Gasteiger partial charge in [0, 0.05) is 21.7 Å². The number of benzene rings is 8. The van der Waals surface area contributed by atoms with E-state index in [1.807, 2.05) is 12.1 Å². The van der Waals surface area contributed by atoms with Crippen LogP contribution >= 0.6 is 0 Å². The van der Waals surface area contributed by atoms with E-state index in [1.165, 1.54) is 60.7 Å². The summed E-state index contributed by atoms with van der Waals surface area (Å²) in [6.45, 7) is 0. The molecule has 0 N–H and O–H groups in total. The number of hydrogen-bond acceptors (Lipinski definition) is 3. The van der Waals surface area contributed by atoms with Gasteiger partial charge < -0.3 is 4.42 Å². The molecule has 11 aromatic rings. The van der Waals surface area contributed by atoms with Crippen molar-refractivity contribution in [1.82, 2.24) is 14.5 Å². The summed E-state index contributed by atoms with van der Waals surface area (Å²) in [4.78, 5) is 10.8. The number of fused-ring (bicyclic) bond motifs is 13. The summed E-state index contributed by atoms with van der Waals surface area (Å²) in [5.41, 5.74) is 15.7. The molecule has 4 nitrogen and oxygen atoms in total. The molecule has 0 spiro atoms. The fourth-order valence-corrected chi connectivity index (χ4v) is 9.16. The Morgan fingerprint density at radius 2 is 1.00 bits per heavy atom. The number of furan rings is 1. The van der Waals surface area contributed by atoms with Crippen molar-refractivity contribution in [1.29, 1.82) is 0 Å². The lowest BCUT2D eigenvalue weighted by molar-refractivity contribution is 0.651. The maximum Gasteiger partial charge on any atom is 0.238 e. The minimum absolute atomic E-state index is 0.574. The van der Waals surface area contributed by atoms with E-state index in [-0.39, 0.29) is 0 Å². The SMILES string of the molecule is c1ccc2c(c1)Cc1ccccc1-c1ccc(-c3nc(-n4c5ccccc5c5cc6ccccc6cc54)nc4oc5ccccc5c34)cc1Cc1ccccc1-2. The lowest BCUT2D eigenvalue weighted by Gasteiger charge is -2.21. The van der Waals surface area contributed by atoms with Gasteiger partial charge in [0.05, 0.1) is 22.1 Å². The van der Waals surface area contributed by atoms with E-state index in [0.717, 1.165) is 56.9 Å². The fraction of sp³-hybridized carbons (Fsp3) is 0.0385. The first-order valence-corrected chi connectivity index (χ1v) is 19.2. The third-order valence-electron chi connectivity index (χ3n) is 11.7. The molecular weight excluding hydrogens is 683 g/mol. The van der Waals surface area contributed by atoms with Gasteiger partial charge in [0.1, 0.15) is 5.58 Å². The van der Waals surface area contributed by atoms with Crippen LogP contribution in [0.3, 0.4) is 0 Å². The second kappa shape index (κ2) is 12.1. The topological polar surface area (TPSA) is 43.9 Å². The quantitative estimate of drug-likeness (QED) is 0.179. The Balaban J connectivity index is 1.14.